The van der Waals surface area contributed by atoms with Crippen molar-refractivity contribution in [2.75, 3.05) is 33.3 Å². The van der Waals surface area contributed by atoms with Crippen LogP contribution in [0.25, 0.3) is 0 Å². The average Bonchev–Trinajstić information content (AvgIpc) is 2.40. The predicted octanol–water partition coefficient (Wildman–Crippen LogP) is 1.52. The second-order valence-corrected chi connectivity index (χ2v) is 4.62. The van der Waals surface area contributed by atoms with Crippen LogP contribution in [0.3, 0.4) is 0 Å². The molecule has 0 N–H and O–H groups in total. The molecule has 1 unspecified atom stereocenters. The summed E-state index contributed by atoms with van der Waals surface area (Å²) in [7, 11) is 1.73. The summed E-state index contributed by atoms with van der Waals surface area (Å²) in [5, 5.41) is 0. The second-order valence-electron chi connectivity index (χ2n) is 2.61. The predicted molar refractivity (Wildman–Crippen MR) is 48.4 cm³/mol. The Labute approximate surface area is 70.3 Å². The molecule has 1 aliphatic heterocycles. The summed E-state index contributed by atoms with van der Waals surface area (Å²) in [5.74, 6) is 0. The van der Waals surface area contributed by atoms with Crippen LogP contribution in [0.2, 0.25) is 0 Å². The van der Waals surface area contributed by atoms with Crippen LogP contribution in [0.15, 0.2) is 0 Å². The van der Waals surface area contributed by atoms with Crippen molar-refractivity contribution in [3.05, 3.63) is 0 Å². The van der Waals surface area contributed by atoms with Crippen LogP contribution in [0.4, 0.5) is 0 Å². The van der Waals surface area contributed by atoms with Crippen LogP contribution in [-0.2, 0) is 4.52 Å². The van der Waals surface area contributed by atoms with Gasteiger partial charge in [-0.25, -0.2) is 9.34 Å². The van der Waals surface area contributed by atoms with Gasteiger partial charge in [0, 0.05) is 19.6 Å². The summed E-state index contributed by atoms with van der Waals surface area (Å²) in [6, 6.07) is 0. The van der Waals surface area contributed by atoms with Crippen molar-refractivity contribution in [2.24, 2.45) is 0 Å². The molecule has 0 saturated carbocycles. The molecular weight excluding hydrogens is 159 g/mol. The number of likely N-dealkylation sites (N-methyl/N-ethyl adjacent to an activating group) is 1. The molecule has 1 saturated heterocycles. The summed E-state index contributed by atoms with van der Waals surface area (Å²) in [6.07, 6.45) is 0. The normalized spacial score (nSPS) is 26.7. The largest absolute Gasteiger partial charge is 0.330 e. The fraction of sp³-hybridized carbons (Fsp3) is 1.00. The summed E-state index contributed by atoms with van der Waals surface area (Å²) in [4.78, 5) is 0. The van der Waals surface area contributed by atoms with Crippen molar-refractivity contribution < 1.29 is 4.52 Å². The van der Waals surface area contributed by atoms with E-state index in [1.165, 1.54) is 0 Å². The molecule has 66 valence electrons. The highest BCUT2D eigenvalue weighted by atomic mass is 31.2. The molecular formula is C7H17N2OP. The molecule has 0 aliphatic carbocycles. The average molecular weight is 176 g/mol. The quantitative estimate of drug-likeness (QED) is 0.606. The monoisotopic (exact) mass is 176 g/mol. The van der Waals surface area contributed by atoms with Crippen LogP contribution in [0.5, 0.6) is 0 Å². The summed E-state index contributed by atoms with van der Waals surface area (Å²) < 4.78 is 10.3. The lowest BCUT2D eigenvalue weighted by Gasteiger charge is -2.28. The van der Waals surface area contributed by atoms with Gasteiger partial charge >= 0.3 is 0 Å². The molecule has 0 bridgehead atoms. The molecule has 1 atom stereocenters. The smallest absolute Gasteiger partial charge is 0.187 e. The highest BCUT2D eigenvalue weighted by Gasteiger charge is 2.26. The maximum atomic E-state index is 5.63. The first-order valence-electron chi connectivity index (χ1n) is 4.18. The number of nitrogens with zero attached hydrogens (tertiary/aromatic N) is 2. The molecule has 0 radical (unpaired) electrons. The molecule has 0 amide bonds. The first-order chi connectivity index (χ1) is 5.29. The molecule has 0 aromatic heterocycles. The lowest BCUT2D eigenvalue weighted by Crippen LogP contribution is -2.22. The van der Waals surface area contributed by atoms with Gasteiger partial charge in [0.2, 0.25) is 0 Å². The molecule has 0 aromatic rings. The number of rotatable bonds is 3. The highest BCUT2D eigenvalue weighted by molar-refractivity contribution is 7.47. The van der Waals surface area contributed by atoms with Gasteiger partial charge in [-0.1, -0.05) is 13.8 Å². The summed E-state index contributed by atoms with van der Waals surface area (Å²) in [5.41, 5.74) is 0. The molecule has 1 aliphatic rings. The van der Waals surface area contributed by atoms with E-state index < -0.39 is 8.45 Å². The Morgan fingerprint density at radius 2 is 2.09 bits per heavy atom. The Bertz CT molecular complexity index is 119. The van der Waals surface area contributed by atoms with Crippen LogP contribution in [0.1, 0.15) is 13.8 Å². The maximum absolute atomic E-state index is 5.63. The molecule has 1 fully saturated rings. The zero-order chi connectivity index (χ0) is 8.27. The minimum absolute atomic E-state index is 0.403. The molecule has 11 heavy (non-hydrogen) atoms. The van der Waals surface area contributed by atoms with E-state index in [2.05, 4.69) is 30.2 Å². The molecule has 3 nitrogen and oxygen atoms in total. The summed E-state index contributed by atoms with van der Waals surface area (Å²) >= 11 is 0. The molecule has 4 heteroatoms. The standard InChI is InChI=1S/C7H17N2OP/c1-4-9(5-2)11-8(3)6-7-10-11/h4-7H2,1-3H3. The van der Waals surface area contributed by atoms with Gasteiger partial charge in [-0.2, -0.15) is 0 Å². The van der Waals surface area contributed by atoms with Crippen LogP contribution in [-0.4, -0.2) is 42.6 Å². The Morgan fingerprint density at radius 1 is 1.45 bits per heavy atom. The van der Waals surface area contributed by atoms with Crippen molar-refractivity contribution in [1.82, 2.24) is 9.34 Å². The number of hydrogen-bond donors (Lipinski definition) is 0. The van der Waals surface area contributed by atoms with E-state index >= 15 is 0 Å². The molecule has 0 spiro atoms. The first kappa shape index (κ1) is 9.40. The van der Waals surface area contributed by atoms with Crippen molar-refractivity contribution in [3.63, 3.8) is 0 Å². The lowest BCUT2D eigenvalue weighted by atomic mass is 10.7. The lowest BCUT2D eigenvalue weighted by molar-refractivity contribution is 0.352. The topological polar surface area (TPSA) is 15.7 Å². The Balaban J connectivity index is 2.43. The van der Waals surface area contributed by atoms with Gasteiger partial charge in [0.05, 0.1) is 6.61 Å². The zero-order valence-corrected chi connectivity index (χ0v) is 8.47. The minimum Gasteiger partial charge on any atom is -0.330 e. The van der Waals surface area contributed by atoms with Gasteiger partial charge in [0.1, 0.15) is 0 Å². The van der Waals surface area contributed by atoms with E-state index in [0.717, 1.165) is 26.2 Å². The van der Waals surface area contributed by atoms with E-state index in [9.17, 15) is 0 Å². The Morgan fingerprint density at radius 3 is 2.45 bits per heavy atom. The maximum Gasteiger partial charge on any atom is 0.187 e. The van der Waals surface area contributed by atoms with Crippen molar-refractivity contribution in [1.29, 1.82) is 0 Å². The van der Waals surface area contributed by atoms with Gasteiger partial charge in [-0.15, -0.1) is 0 Å². The van der Waals surface area contributed by atoms with Crippen LogP contribution < -0.4 is 0 Å². The third kappa shape index (κ3) is 2.12. The molecule has 0 aromatic carbocycles. The van der Waals surface area contributed by atoms with Crippen LogP contribution >= 0.6 is 8.45 Å². The fourth-order valence-electron chi connectivity index (χ4n) is 1.20. The van der Waals surface area contributed by atoms with Gasteiger partial charge in [0.15, 0.2) is 8.45 Å². The SMILES string of the molecule is CCN(CC)P1OCCN1C. The van der Waals surface area contributed by atoms with E-state index in [1.54, 1.807) is 0 Å². The zero-order valence-electron chi connectivity index (χ0n) is 7.58. The fourth-order valence-corrected chi connectivity index (χ4v) is 2.98. The van der Waals surface area contributed by atoms with Gasteiger partial charge in [-0.05, 0) is 7.05 Å². The second kappa shape index (κ2) is 4.36. The highest BCUT2D eigenvalue weighted by Crippen LogP contribution is 2.47. The molecule has 1 rings (SSSR count). The van der Waals surface area contributed by atoms with E-state index in [0.29, 0.717) is 0 Å². The first-order valence-corrected chi connectivity index (χ1v) is 5.35. The van der Waals surface area contributed by atoms with Crippen molar-refractivity contribution in [3.8, 4) is 0 Å². The van der Waals surface area contributed by atoms with E-state index in [1.807, 2.05) is 0 Å². The minimum atomic E-state index is -0.403. The van der Waals surface area contributed by atoms with E-state index in [4.69, 9.17) is 4.52 Å². The van der Waals surface area contributed by atoms with Gasteiger partial charge in [-0.3, -0.25) is 0 Å². The number of hydrogen-bond acceptors (Lipinski definition) is 3. The van der Waals surface area contributed by atoms with Crippen LogP contribution in [0, 0.1) is 0 Å². The molecule has 1 heterocycles. The van der Waals surface area contributed by atoms with Gasteiger partial charge in [0.25, 0.3) is 0 Å². The Hall–Kier alpha value is 0.310. The third-order valence-electron chi connectivity index (χ3n) is 1.89. The Kier molecular flexibility index (Phi) is 3.73. The third-order valence-corrected chi connectivity index (χ3v) is 4.13. The van der Waals surface area contributed by atoms with Crippen molar-refractivity contribution in [2.45, 2.75) is 13.8 Å². The summed E-state index contributed by atoms with van der Waals surface area (Å²) in [6.45, 7) is 8.53. The van der Waals surface area contributed by atoms with Gasteiger partial charge < -0.3 is 4.52 Å². The van der Waals surface area contributed by atoms with E-state index in [-0.39, 0.29) is 0 Å². The van der Waals surface area contributed by atoms with Crippen molar-refractivity contribution >= 4 is 8.45 Å².